The van der Waals surface area contributed by atoms with Crippen molar-refractivity contribution in [2.75, 3.05) is 5.73 Å². The van der Waals surface area contributed by atoms with Crippen molar-refractivity contribution in [1.82, 2.24) is 15.0 Å². The number of pyridine rings is 1. The lowest BCUT2D eigenvalue weighted by Gasteiger charge is -1.94. The molecule has 3 aromatic rings. The fourth-order valence-corrected chi connectivity index (χ4v) is 1.86. The van der Waals surface area contributed by atoms with Gasteiger partial charge in [-0.1, -0.05) is 6.92 Å². The average Bonchev–Trinajstić information content (AvgIpc) is 2.93. The van der Waals surface area contributed by atoms with Gasteiger partial charge in [-0.3, -0.25) is 0 Å². The summed E-state index contributed by atoms with van der Waals surface area (Å²) >= 11 is 0. The molecule has 5 nitrogen and oxygen atoms in total. The van der Waals surface area contributed by atoms with Gasteiger partial charge in [0.25, 0.3) is 0 Å². The Labute approximate surface area is 97.7 Å². The number of hydrogen-bond donors (Lipinski definition) is 2. The second kappa shape index (κ2) is 3.62. The highest BCUT2D eigenvalue weighted by atomic mass is 16.3. The van der Waals surface area contributed by atoms with Crippen LogP contribution in [0.3, 0.4) is 0 Å². The molecule has 3 heterocycles. The van der Waals surface area contributed by atoms with Gasteiger partial charge in [0.2, 0.25) is 0 Å². The van der Waals surface area contributed by atoms with Crippen LogP contribution in [0.5, 0.6) is 0 Å². The van der Waals surface area contributed by atoms with E-state index in [0.717, 1.165) is 29.1 Å². The Morgan fingerprint density at radius 2 is 2.18 bits per heavy atom. The first-order valence-corrected chi connectivity index (χ1v) is 5.47. The molecule has 0 bridgehead atoms. The minimum absolute atomic E-state index is 0.471. The molecule has 5 heteroatoms. The molecule has 3 aromatic heterocycles. The number of H-pyrrole nitrogens is 1. The van der Waals surface area contributed by atoms with Gasteiger partial charge < -0.3 is 15.1 Å². The minimum Gasteiger partial charge on any atom is -0.469 e. The molecule has 86 valence electrons. The molecule has 0 saturated heterocycles. The Balaban J connectivity index is 2.18. The zero-order valence-corrected chi connectivity index (χ0v) is 9.40. The quantitative estimate of drug-likeness (QED) is 0.705. The van der Waals surface area contributed by atoms with Gasteiger partial charge in [0, 0.05) is 6.42 Å². The van der Waals surface area contributed by atoms with Crippen LogP contribution in [0.15, 0.2) is 28.9 Å². The lowest BCUT2D eigenvalue weighted by atomic mass is 10.2. The molecule has 17 heavy (non-hydrogen) atoms. The first-order chi connectivity index (χ1) is 8.28. The van der Waals surface area contributed by atoms with E-state index in [9.17, 15) is 0 Å². The van der Waals surface area contributed by atoms with Gasteiger partial charge in [-0.25, -0.2) is 9.97 Å². The summed E-state index contributed by atoms with van der Waals surface area (Å²) in [6.45, 7) is 2.04. The summed E-state index contributed by atoms with van der Waals surface area (Å²) in [5.41, 5.74) is 8.10. The molecule has 0 fully saturated rings. The summed E-state index contributed by atoms with van der Waals surface area (Å²) in [6, 6.07) is 5.53. The van der Waals surface area contributed by atoms with Crippen LogP contribution >= 0.6 is 0 Å². The van der Waals surface area contributed by atoms with Crippen LogP contribution in [-0.4, -0.2) is 15.0 Å². The molecule has 3 N–H and O–H groups in total. The number of anilines is 1. The molecule has 0 amide bonds. The number of rotatable bonds is 2. The zero-order chi connectivity index (χ0) is 11.8. The van der Waals surface area contributed by atoms with Crippen molar-refractivity contribution < 1.29 is 4.42 Å². The van der Waals surface area contributed by atoms with E-state index in [2.05, 4.69) is 15.0 Å². The molecule has 0 saturated carbocycles. The first kappa shape index (κ1) is 9.89. The Morgan fingerprint density at radius 1 is 1.29 bits per heavy atom. The van der Waals surface area contributed by atoms with Crippen LogP contribution in [0.25, 0.3) is 22.6 Å². The summed E-state index contributed by atoms with van der Waals surface area (Å²) in [7, 11) is 0. The van der Waals surface area contributed by atoms with Crippen LogP contribution in [0, 0.1) is 0 Å². The Kier molecular flexibility index (Phi) is 2.11. The maximum atomic E-state index is 5.62. The minimum atomic E-state index is 0.471. The number of nitrogens with zero attached hydrogens (tertiary/aromatic N) is 2. The highest BCUT2D eigenvalue weighted by molar-refractivity contribution is 5.77. The van der Waals surface area contributed by atoms with Gasteiger partial charge in [-0.15, -0.1) is 0 Å². The fraction of sp³-hybridized carbons (Fsp3) is 0.167. The fourth-order valence-electron chi connectivity index (χ4n) is 1.86. The number of aromatic nitrogens is 3. The third-order valence-electron chi connectivity index (χ3n) is 2.69. The average molecular weight is 228 g/mol. The van der Waals surface area contributed by atoms with E-state index in [0.29, 0.717) is 11.5 Å². The van der Waals surface area contributed by atoms with E-state index in [4.69, 9.17) is 10.2 Å². The molecule has 0 aliphatic rings. The van der Waals surface area contributed by atoms with Crippen LogP contribution in [0.1, 0.15) is 12.7 Å². The van der Waals surface area contributed by atoms with Gasteiger partial charge in [-0.2, -0.15) is 0 Å². The normalized spacial score (nSPS) is 11.1. The summed E-state index contributed by atoms with van der Waals surface area (Å²) in [5, 5.41) is 0. The topological polar surface area (TPSA) is 80.7 Å². The van der Waals surface area contributed by atoms with Gasteiger partial charge >= 0.3 is 0 Å². The molecule has 0 aliphatic heterocycles. The highest BCUT2D eigenvalue weighted by Crippen LogP contribution is 2.24. The number of furan rings is 1. The molecule has 0 radical (unpaired) electrons. The van der Waals surface area contributed by atoms with Crippen LogP contribution < -0.4 is 5.73 Å². The van der Waals surface area contributed by atoms with Crippen molar-refractivity contribution in [2.24, 2.45) is 0 Å². The lowest BCUT2D eigenvalue weighted by Crippen LogP contribution is -1.88. The van der Waals surface area contributed by atoms with E-state index >= 15 is 0 Å². The number of hydrogen-bond acceptors (Lipinski definition) is 4. The molecule has 0 unspecified atom stereocenters. The predicted molar refractivity (Wildman–Crippen MR) is 65.4 cm³/mol. The molecule has 0 atom stereocenters. The van der Waals surface area contributed by atoms with E-state index in [1.165, 1.54) is 0 Å². The Hall–Kier alpha value is -2.30. The number of imidazole rings is 1. The van der Waals surface area contributed by atoms with E-state index in [1.54, 1.807) is 12.3 Å². The largest absolute Gasteiger partial charge is 0.469 e. The van der Waals surface area contributed by atoms with Crippen LogP contribution in [-0.2, 0) is 6.42 Å². The van der Waals surface area contributed by atoms with E-state index < -0.39 is 0 Å². The Morgan fingerprint density at radius 3 is 3.00 bits per heavy atom. The monoisotopic (exact) mass is 228 g/mol. The summed E-state index contributed by atoms with van der Waals surface area (Å²) < 4.78 is 5.38. The van der Waals surface area contributed by atoms with E-state index in [1.807, 2.05) is 19.1 Å². The smallest absolute Gasteiger partial charge is 0.180 e. The predicted octanol–water partition coefficient (Wildman–Crippen LogP) is 2.36. The summed E-state index contributed by atoms with van der Waals surface area (Å²) in [4.78, 5) is 11.8. The SMILES string of the molecule is CCc1occc1-c1nc2nc(N)ccc2[nH]1. The number of nitrogens with one attached hydrogen (secondary N) is 1. The van der Waals surface area contributed by atoms with Crippen molar-refractivity contribution in [2.45, 2.75) is 13.3 Å². The summed E-state index contributed by atoms with van der Waals surface area (Å²) in [6.07, 6.45) is 2.50. The van der Waals surface area contributed by atoms with Crippen molar-refractivity contribution in [3.8, 4) is 11.4 Å². The van der Waals surface area contributed by atoms with Crippen molar-refractivity contribution in [3.63, 3.8) is 0 Å². The number of fused-ring (bicyclic) bond motifs is 1. The second-order valence-electron chi connectivity index (χ2n) is 3.80. The van der Waals surface area contributed by atoms with Gasteiger partial charge in [0.1, 0.15) is 17.4 Å². The first-order valence-electron chi connectivity index (χ1n) is 5.47. The number of nitrogens with two attached hydrogens (primary N) is 1. The number of nitrogen functional groups attached to an aromatic ring is 1. The molecule has 0 aromatic carbocycles. The van der Waals surface area contributed by atoms with Crippen molar-refractivity contribution >= 4 is 17.0 Å². The van der Waals surface area contributed by atoms with Gasteiger partial charge in [0.05, 0.1) is 17.3 Å². The molecule has 0 aliphatic carbocycles. The molecule has 3 rings (SSSR count). The maximum Gasteiger partial charge on any atom is 0.180 e. The zero-order valence-electron chi connectivity index (χ0n) is 9.40. The van der Waals surface area contributed by atoms with E-state index in [-0.39, 0.29) is 0 Å². The maximum absolute atomic E-state index is 5.62. The van der Waals surface area contributed by atoms with Crippen LogP contribution in [0.2, 0.25) is 0 Å². The van der Waals surface area contributed by atoms with Crippen molar-refractivity contribution in [3.05, 3.63) is 30.2 Å². The molecule has 0 spiro atoms. The molecular weight excluding hydrogens is 216 g/mol. The number of aromatic amines is 1. The Bertz CT molecular complexity index is 668. The highest BCUT2D eigenvalue weighted by Gasteiger charge is 2.12. The van der Waals surface area contributed by atoms with Crippen LogP contribution in [0.4, 0.5) is 5.82 Å². The third kappa shape index (κ3) is 1.56. The van der Waals surface area contributed by atoms with Gasteiger partial charge in [0.15, 0.2) is 5.65 Å². The second-order valence-corrected chi connectivity index (χ2v) is 3.80. The third-order valence-corrected chi connectivity index (χ3v) is 2.69. The molecular formula is C12H12N4O. The summed E-state index contributed by atoms with van der Waals surface area (Å²) in [5.74, 6) is 2.15. The number of aryl methyl sites for hydroxylation is 1. The van der Waals surface area contributed by atoms with Crippen molar-refractivity contribution in [1.29, 1.82) is 0 Å². The van der Waals surface area contributed by atoms with Gasteiger partial charge in [-0.05, 0) is 18.2 Å². The standard InChI is InChI=1S/C12H12N4O/c1-2-9-7(5-6-17-9)11-14-8-3-4-10(13)15-12(8)16-11/h3-6H,2H2,1H3,(H3,13,14,15,16). The lowest BCUT2D eigenvalue weighted by molar-refractivity contribution is 0.517.